The van der Waals surface area contributed by atoms with E-state index in [1.807, 2.05) is 19.0 Å². The van der Waals surface area contributed by atoms with Crippen LogP contribution < -0.4 is 26.8 Å². The van der Waals surface area contributed by atoms with Crippen LogP contribution in [-0.4, -0.2) is 53.6 Å². The molecule has 3 aromatic rings. The Morgan fingerprint density at radius 3 is 2.37 bits per heavy atom. The molecule has 1 aromatic heterocycles. The second-order valence-corrected chi connectivity index (χ2v) is 7.70. The first-order valence-electron chi connectivity index (χ1n) is 10.3. The Morgan fingerprint density at radius 2 is 1.80 bits per heavy atom. The van der Waals surface area contributed by atoms with Gasteiger partial charge in [-0.05, 0) is 56.6 Å². The number of carbonyl (C=O) groups excluding carboxylic acids is 2. The van der Waals surface area contributed by atoms with Crippen molar-refractivity contribution < 1.29 is 27.5 Å². The van der Waals surface area contributed by atoms with Crippen molar-refractivity contribution >= 4 is 29.1 Å². The number of nitrogens with two attached hydrogens (primary N) is 2. The molecule has 6 N–H and O–H groups in total. The zero-order valence-corrected chi connectivity index (χ0v) is 18.9. The molecule has 0 aliphatic rings. The summed E-state index contributed by atoms with van der Waals surface area (Å²) in [6.45, 7) is 0.742. The molecule has 0 radical (unpaired) electrons. The van der Waals surface area contributed by atoms with Crippen molar-refractivity contribution in [1.82, 2.24) is 14.5 Å². The fraction of sp³-hybridized carbons (Fsp3) is 0.227. The summed E-state index contributed by atoms with van der Waals surface area (Å²) in [6, 6.07) is 8.37. The number of rotatable bonds is 8. The Hall–Kier alpha value is -4.26. The highest BCUT2D eigenvalue weighted by molar-refractivity contribution is 6.00. The SMILES string of the molecule is CN(C)CCOc1ccc(C(F)(F)F)cc1NC(=O)Nc1ccc(-n2cnc(C(N)=O)c2N)cc1. The highest BCUT2D eigenvalue weighted by Crippen LogP contribution is 2.35. The van der Waals surface area contributed by atoms with E-state index >= 15 is 0 Å². The maximum Gasteiger partial charge on any atom is 0.416 e. The number of carbonyl (C=O) groups is 2. The maximum atomic E-state index is 13.2. The molecule has 13 heteroatoms. The van der Waals surface area contributed by atoms with E-state index in [0.717, 1.165) is 12.1 Å². The second kappa shape index (κ2) is 10.3. The van der Waals surface area contributed by atoms with Crippen LogP contribution in [0.1, 0.15) is 16.1 Å². The van der Waals surface area contributed by atoms with E-state index in [4.69, 9.17) is 16.2 Å². The third-order valence-corrected chi connectivity index (χ3v) is 4.79. The number of hydrogen-bond donors (Lipinski definition) is 4. The van der Waals surface area contributed by atoms with Crippen LogP contribution in [0.3, 0.4) is 0 Å². The van der Waals surface area contributed by atoms with Crippen molar-refractivity contribution in [3.8, 4) is 11.4 Å². The minimum absolute atomic E-state index is 0.0577. The molecular weight excluding hydrogens is 467 g/mol. The minimum Gasteiger partial charge on any atom is -0.490 e. The Bertz CT molecular complexity index is 1210. The number of nitrogens with zero attached hydrogens (tertiary/aromatic N) is 3. The van der Waals surface area contributed by atoms with Crippen LogP contribution in [0.5, 0.6) is 5.75 Å². The molecule has 0 spiro atoms. The number of halogens is 3. The summed E-state index contributed by atoms with van der Waals surface area (Å²) in [5.74, 6) is -0.607. The zero-order chi connectivity index (χ0) is 25.8. The normalized spacial score (nSPS) is 11.4. The fourth-order valence-corrected chi connectivity index (χ4v) is 3.01. The fourth-order valence-electron chi connectivity index (χ4n) is 3.01. The largest absolute Gasteiger partial charge is 0.490 e. The van der Waals surface area contributed by atoms with Gasteiger partial charge in [0.2, 0.25) is 0 Å². The minimum atomic E-state index is -4.59. The van der Waals surface area contributed by atoms with Crippen LogP contribution in [0.4, 0.5) is 35.2 Å². The van der Waals surface area contributed by atoms with Crippen molar-refractivity contribution in [2.45, 2.75) is 6.18 Å². The summed E-state index contributed by atoms with van der Waals surface area (Å²) in [7, 11) is 3.65. The molecule has 2 aromatic carbocycles. The van der Waals surface area contributed by atoms with Gasteiger partial charge in [-0.2, -0.15) is 13.2 Å². The summed E-state index contributed by atoms with van der Waals surface area (Å²) in [6.07, 6.45) is -3.26. The van der Waals surface area contributed by atoms with Crippen molar-refractivity contribution in [3.05, 3.63) is 60.0 Å². The van der Waals surface area contributed by atoms with Crippen molar-refractivity contribution in [2.75, 3.05) is 43.6 Å². The summed E-state index contributed by atoms with van der Waals surface area (Å²) in [5, 5.41) is 4.95. The summed E-state index contributed by atoms with van der Waals surface area (Å²) >= 11 is 0. The quantitative estimate of drug-likeness (QED) is 0.382. The first kappa shape index (κ1) is 25.4. The Labute approximate surface area is 198 Å². The molecule has 3 rings (SSSR count). The topological polar surface area (TPSA) is 141 Å². The summed E-state index contributed by atoms with van der Waals surface area (Å²) < 4.78 is 46.5. The third kappa shape index (κ3) is 6.41. The van der Waals surface area contributed by atoms with Crippen LogP contribution in [-0.2, 0) is 6.18 Å². The molecule has 0 atom stereocenters. The van der Waals surface area contributed by atoms with Gasteiger partial charge in [0.05, 0.1) is 11.3 Å². The second-order valence-electron chi connectivity index (χ2n) is 7.70. The molecule has 0 aliphatic heterocycles. The number of anilines is 3. The van der Waals surface area contributed by atoms with Gasteiger partial charge < -0.3 is 31.7 Å². The number of ether oxygens (including phenoxy) is 1. The predicted molar refractivity (Wildman–Crippen MR) is 125 cm³/mol. The van der Waals surface area contributed by atoms with Gasteiger partial charge in [0.15, 0.2) is 5.69 Å². The summed E-state index contributed by atoms with van der Waals surface area (Å²) in [4.78, 5) is 29.5. The molecule has 0 bridgehead atoms. The first-order valence-corrected chi connectivity index (χ1v) is 10.3. The molecule has 0 fully saturated rings. The predicted octanol–water partition coefficient (Wildman–Crippen LogP) is 3.16. The molecule has 0 saturated heterocycles. The smallest absolute Gasteiger partial charge is 0.416 e. The van der Waals surface area contributed by atoms with Crippen LogP contribution in [0, 0.1) is 0 Å². The molecule has 0 saturated carbocycles. The van der Waals surface area contributed by atoms with Crippen molar-refractivity contribution in [3.63, 3.8) is 0 Å². The number of amides is 3. The number of nitrogen functional groups attached to an aromatic ring is 1. The van der Waals surface area contributed by atoms with E-state index in [1.54, 1.807) is 24.3 Å². The number of nitrogens with one attached hydrogen (secondary N) is 2. The zero-order valence-electron chi connectivity index (χ0n) is 18.9. The number of aromatic nitrogens is 2. The molecular formula is C22H24F3N7O3. The molecule has 3 amide bonds. The van der Waals surface area contributed by atoms with Gasteiger partial charge in [0, 0.05) is 17.9 Å². The lowest BCUT2D eigenvalue weighted by atomic mass is 10.2. The lowest BCUT2D eigenvalue weighted by Gasteiger charge is -2.17. The van der Waals surface area contributed by atoms with Crippen LogP contribution in [0.2, 0.25) is 0 Å². The van der Waals surface area contributed by atoms with E-state index in [2.05, 4.69) is 15.6 Å². The number of primary amides is 1. The Kier molecular flexibility index (Phi) is 7.49. The molecule has 0 aliphatic carbocycles. The van der Waals surface area contributed by atoms with Crippen LogP contribution >= 0.6 is 0 Å². The van der Waals surface area contributed by atoms with Gasteiger partial charge in [0.1, 0.15) is 24.5 Å². The number of hydrogen-bond acceptors (Lipinski definition) is 6. The number of imidazole rings is 1. The van der Waals surface area contributed by atoms with E-state index < -0.39 is 23.7 Å². The standard InChI is InChI=1S/C22H24F3N7O3/c1-31(2)9-10-35-17-8-3-13(22(23,24)25)11-16(17)30-21(34)29-14-4-6-15(7-5-14)32-12-28-18(19(32)26)20(27)33/h3-8,11-12H,9-10,26H2,1-2H3,(H2,27,33)(H2,29,30,34). The molecule has 10 nitrogen and oxygen atoms in total. The average Bonchev–Trinajstić information content (AvgIpc) is 3.16. The average molecular weight is 491 g/mol. The van der Waals surface area contributed by atoms with Crippen LogP contribution in [0.25, 0.3) is 5.69 Å². The van der Waals surface area contributed by atoms with E-state index in [-0.39, 0.29) is 29.6 Å². The lowest BCUT2D eigenvalue weighted by molar-refractivity contribution is -0.137. The van der Waals surface area contributed by atoms with Gasteiger partial charge in [-0.25, -0.2) is 9.78 Å². The monoisotopic (exact) mass is 491 g/mol. The number of likely N-dealkylation sites (N-methyl/N-ethyl adjacent to an activating group) is 1. The van der Waals surface area contributed by atoms with Gasteiger partial charge in [-0.15, -0.1) is 0 Å². The van der Waals surface area contributed by atoms with E-state index in [1.165, 1.54) is 17.0 Å². The van der Waals surface area contributed by atoms with Crippen molar-refractivity contribution in [2.24, 2.45) is 5.73 Å². The molecule has 186 valence electrons. The highest BCUT2D eigenvalue weighted by atomic mass is 19.4. The Balaban J connectivity index is 1.74. The van der Waals surface area contributed by atoms with Gasteiger partial charge in [-0.3, -0.25) is 9.36 Å². The third-order valence-electron chi connectivity index (χ3n) is 4.79. The molecule has 35 heavy (non-hydrogen) atoms. The number of benzene rings is 2. The summed E-state index contributed by atoms with van der Waals surface area (Å²) in [5.41, 5.74) is 10.9. The van der Waals surface area contributed by atoms with Gasteiger partial charge in [-0.1, -0.05) is 0 Å². The maximum absolute atomic E-state index is 13.2. The van der Waals surface area contributed by atoms with E-state index in [0.29, 0.717) is 17.9 Å². The number of urea groups is 1. The molecule has 0 unspecified atom stereocenters. The number of alkyl halides is 3. The lowest BCUT2D eigenvalue weighted by Crippen LogP contribution is -2.22. The van der Waals surface area contributed by atoms with E-state index in [9.17, 15) is 22.8 Å². The van der Waals surface area contributed by atoms with Crippen molar-refractivity contribution in [1.29, 1.82) is 0 Å². The van der Waals surface area contributed by atoms with Gasteiger partial charge in [0.25, 0.3) is 5.91 Å². The molecule has 1 heterocycles. The van der Waals surface area contributed by atoms with Gasteiger partial charge >= 0.3 is 12.2 Å². The first-order chi connectivity index (χ1) is 16.5. The van der Waals surface area contributed by atoms with Crippen LogP contribution in [0.15, 0.2) is 48.8 Å². The highest BCUT2D eigenvalue weighted by Gasteiger charge is 2.31. The Morgan fingerprint density at radius 1 is 1.11 bits per heavy atom.